The molecule has 0 fully saturated rings. The van der Waals surface area contributed by atoms with Crippen LogP contribution in [0.5, 0.6) is 5.88 Å². The van der Waals surface area contributed by atoms with E-state index in [1.54, 1.807) is 12.1 Å². The van der Waals surface area contributed by atoms with Gasteiger partial charge in [0.15, 0.2) is 0 Å². The molecule has 6 heteroatoms. The zero-order valence-electron chi connectivity index (χ0n) is 12.0. The van der Waals surface area contributed by atoms with Crippen LogP contribution in [0.2, 0.25) is 0 Å². The van der Waals surface area contributed by atoms with Gasteiger partial charge in [0.05, 0.1) is 18.5 Å². The third kappa shape index (κ3) is 3.21. The lowest BCUT2D eigenvalue weighted by molar-refractivity contribution is -0.136. The van der Waals surface area contributed by atoms with Crippen LogP contribution in [0.4, 0.5) is 4.39 Å². The number of halogens is 1. The molecule has 0 amide bonds. The predicted molar refractivity (Wildman–Crippen MR) is 75.4 cm³/mol. The molecule has 2 rings (SSSR count). The molecule has 1 N–H and O–H groups in total. The summed E-state index contributed by atoms with van der Waals surface area (Å²) >= 11 is 0. The maximum absolute atomic E-state index is 13.4. The summed E-state index contributed by atoms with van der Waals surface area (Å²) in [6.07, 6.45) is 0.975. The fraction of sp³-hybridized carbons (Fsp3) is 0.333. The van der Waals surface area contributed by atoms with E-state index in [1.165, 1.54) is 23.9 Å². The maximum atomic E-state index is 13.4. The first kappa shape index (κ1) is 15.0. The molecule has 21 heavy (non-hydrogen) atoms. The van der Waals surface area contributed by atoms with Crippen molar-refractivity contribution in [1.29, 1.82) is 0 Å². The Morgan fingerprint density at radius 1 is 1.48 bits per heavy atom. The number of aromatic nitrogens is 2. The Morgan fingerprint density at radius 2 is 2.24 bits per heavy atom. The summed E-state index contributed by atoms with van der Waals surface area (Å²) in [5.41, 5.74) is 2.06. The van der Waals surface area contributed by atoms with Gasteiger partial charge >= 0.3 is 5.97 Å². The van der Waals surface area contributed by atoms with Crippen molar-refractivity contribution in [3.63, 3.8) is 0 Å². The molecule has 0 aliphatic carbocycles. The van der Waals surface area contributed by atoms with Gasteiger partial charge in [0.1, 0.15) is 5.82 Å². The first-order valence-corrected chi connectivity index (χ1v) is 6.69. The van der Waals surface area contributed by atoms with Gasteiger partial charge in [-0.1, -0.05) is 13.0 Å². The van der Waals surface area contributed by atoms with E-state index in [2.05, 4.69) is 5.10 Å². The van der Waals surface area contributed by atoms with Crippen molar-refractivity contribution in [3.05, 3.63) is 41.3 Å². The van der Waals surface area contributed by atoms with Gasteiger partial charge in [-0.15, -0.1) is 0 Å². The summed E-state index contributed by atoms with van der Waals surface area (Å²) in [4.78, 5) is 10.8. The van der Waals surface area contributed by atoms with Gasteiger partial charge in [0, 0.05) is 12.0 Å². The fourth-order valence-electron chi connectivity index (χ4n) is 2.24. The Hall–Kier alpha value is -2.37. The first-order chi connectivity index (χ1) is 10.1. The second-order valence-corrected chi connectivity index (χ2v) is 4.57. The van der Waals surface area contributed by atoms with E-state index in [-0.39, 0.29) is 12.2 Å². The molecule has 1 aromatic heterocycles. The number of carbonyl (C=O) groups is 1. The average molecular weight is 292 g/mol. The fourth-order valence-corrected chi connectivity index (χ4v) is 2.24. The van der Waals surface area contributed by atoms with Crippen LogP contribution < -0.4 is 4.74 Å². The highest BCUT2D eigenvalue weighted by Gasteiger charge is 2.19. The predicted octanol–water partition coefficient (Wildman–Crippen LogP) is 2.60. The maximum Gasteiger partial charge on any atom is 0.303 e. The van der Waals surface area contributed by atoms with Crippen LogP contribution in [0.1, 0.15) is 24.6 Å². The molecule has 0 saturated heterocycles. The molecule has 0 spiro atoms. The Balaban J connectivity index is 2.49. The number of carboxylic acids is 1. The van der Waals surface area contributed by atoms with Crippen molar-refractivity contribution in [3.8, 4) is 11.6 Å². The van der Waals surface area contributed by atoms with E-state index in [1.807, 2.05) is 6.92 Å². The summed E-state index contributed by atoms with van der Waals surface area (Å²) in [6, 6.07) is 6.02. The third-order valence-corrected chi connectivity index (χ3v) is 3.19. The summed E-state index contributed by atoms with van der Waals surface area (Å²) in [5, 5.41) is 13.3. The highest BCUT2D eigenvalue weighted by atomic mass is 19.1. The summed E-state index contributed by atoms with van der Waals surface area (Å²) in [7, 11) is 1.50. The molecule has 0 aliphatic rings. The van der Waals surface area contributed by atoms with E-state index in [9.17, 15) is 9.18 Å². The highest BCUT2D eigenvalue weighted by molar-refractivity contribution is 5.67. The van der Waals surface area contributed by atoms with E-state index in [4.69, 9.17) is 9.84 Å². The number of aliphatic carboxylic acids is 1. The third-order valence-electron chi connectivity index (χ3n) is 3.19. The Kier molecular flexibility index (Phi) is 4.57. The second kappa shape index (κ2) is 6.39. The van der Waals surface area contributed by atoms with E-state index < -0.39 is 5.97 Å². The van der Waals surface area contributed by atoms with Crippen molar-refractivity contribution >= 4 is 5.97 Å². The van der Waals surface area contributed by atoms with Crippen molar-refractivity contribution in [2.75, 3.05) is 7.11 Å². The van der Waals surface area contributed by atoms with Crippen LogP contribution in [-0.4, -0.2) is 28.0 Å². The molecule has 112 valence electrons. The van der Waals surface area contributed by atoms with Crippen molar-refractivity contribution in [1.82, 2.24) is 9.78 Å². The molecule has 0 bridgehead atoms. The average Bonchev–Trinajstić information content (AvgIpc) is 2.82. The molecule has 0 aliphatic heterocycles. The number of aryl methyl sites for hydroxylation is 1. The number of nitrogens with zero attached hydrogens (tertiary/aromatic N) is 2. The van der Waals surface area contributed by atoms with E-state index in [0.717, 1.165) is 11.3 Å². The first-order valence-electron chi connectivity index (χ1n) is 6.69. The minimum absolute atomic E-state index is 0.00178. The molecule has 0 atom stereocenters. The monoisotopic (exact) mass is 292 g/mol. The normalized spacial score (nSPS) is 10.6. The topological polar surface area (TPSA) is 64.4 Å². The number of benzene rings is 1. The highest BCUT2D eigenvalue weighted by Crippen LogP contribution is 2.28. The summed E-state index contributed by atoms with van der Waals surface area (Å²) in [5.74, 6) is -0.786. The van der Waals surface area contributed by atoms with Gasteiger partial charge in [-0.2, -0.15) is 5.10 Å². The summed E-state index contributed by atoms with van der Waals surface area (Å²) in [6.45, 7) is 1.93. The van der Waals surface area contributed by atoms with Crippen molar-refractivity contribution < 1.29 is 19.0 Å². The Morgan fingerprint density at radius 3 is 2.81 bits per heavy atom. The van der Waals surface area contributed by atoms with Crippen LogP contribution in [0.25, 0.3) is 5.69 Å². The van der Waals surface area contributed by atoms with E-state index >= 15 is 0 Å². The van der Waals surface area contributed by atoms with Gasteiger partial charge in [0.25, 0.3) is 0 Å². The summed E-state index contributed by atoms with van der Waals surface area (Å²) < 4.78 is 20.3. The SMILES string of the molecule is CCc1nn(-c2cccc(F)c2)c(OC)c1CCC(=O)O. The molecule has 0 radical (unpaired) electrons. The largest absolute Gasteiger partial charge is 0.481 e. The molecule has 5 nitrogen and oxygen atoms in total. The van der Waals surface area contributed by atoms with Crippen molar-refractivity contribution in [2.24, 2.45) is 0 Å². The standard InChI is InChI=1S/C15H17FN2O3/c1-3-13-12(7-8-14(19)20)15(21-2)18(17-13)11-6-4-5-10(16)9-11/h4-6,9H,3,7-8H2,1-2H3,(H,19,20). The number of hydrogen-bond acceptors (Lipinski definition) is 3. The molecule has 0 unspecified atom stereocenters. The number of rotatable bonds is 6. The molecule has 2 aromatic rings. The molecular weight excluding hydrogens is 275 g/mol. The lowest BCUT2D eigenvalue weighted by Crippen LogP contribution is -2.02. The van der Waals surface area contributed by atoms with Gasteiger partial charge in [-0.25, -0.2) is 9.07 Å². The van der Waals surface area contributed by atoms with Crippen LogP contribution >= 0.6 is 0 Å². The Labute approximate surface area is 122 Å². The zero-order valence-corrected chi connectivity index (χ0v) is 12.0. The number of carboxylic acid groups (broad SMARTS) is 1. The lowest BCUT2D eigenvalue weighted by atomic mass is 10.1. The minimum Gasteiger partial charge on any atom is -0.481 e. The van der Waals surface area contributed by atoms with Gasteiger partial charge < -0.3 is 9.84 Å². The molecule has 0 saturated carbocycles. The van der Waals surface area contributed by atoms with Crippen LogP contribution in [0.3, 0.4) is 0 Å². The quantitative estimate of drug-likeness (QED) is 0.889. The molecule has 1 aromatic carbocycles. The minimum atomic E-state index is -0.877. The van der Waals surface area contributed by atoms with Gasteiger partial charge in [0.2, 0.25) is 5.88 Å². The second-order valence-electron chi connectivity index (χ2n) is 4.57. The van der Waals surface area contributed by atoms with Crippen LogP contribution in [0, 0.1) is 5.82 Å². The smallest absolute Gasteiger partial charge is 0.303 e. The molecular formula is C15H17FN2O3. The lowest BCUT2D eigenvalue weighted by Gasteiger charge is -2.07. The van der Waals surface area contributed by atoms with Crippen molar-refractivity contribution in [2.45, 2.75) is 26.2 Å². The van der Waals surface area contributed by atoms with Gasteiger partial charge in [-0.05, 0) is 31.0 Å². The zero-order chi connectivity index (χ0) is 15.4. The van der Waals surface area contributed by atoms with Crippen LogP contribution in [-0.2, 0) is 17.6 Å². The Bertz CT molecular complexity index is 652. The molecule has 1 heterocycles. The number of ether oxygens (including phenoxy) is 1. The number of methoxy groups -OCH3 is 1. The van der Waals surface area contributed by atoms with Crippen LogP contribution in [0.15, 0.2) is 24.3 Å². The van der Waals surface area contributed by atoms with Gasteiger partial charge in [-0.3, -0.25) is 4.79 Å². The number of hydrogen-bond donors (Lipinski definition) is 1. The van der Waals surface area contributed by atoms with E-state index in [0.29, 0.717) is 24.4 Å².